The van der Waals surface area contributed by atoms with Gasteiger partial charge in [0.15, 0.2) is 0 Å². The molecule has 0 amide bonds. The lowest BCUT2D eigenvalue weighted by Crippen LogP contribution is -2.32. The maximum atomic E-state index is 12.3. The van der Waals surface area contributed by atoms with E-state index >= 15 is 0 Å². The predicted molar refractivity (Wildman–Crippen MR) is 344 cm³/mol. The summed E-state index contributed by atoms with van der Waals surface area (Å²) in [6, 6.07) is 0. The average Bonchev–Trinajstić information content (AvgIpc) is 3.46. The third-order valence-electron chi connectivity index (χ3n) is 15.3. The summed E-state index contributed by atoms with van der Waals surface area (Å²) in [5.74, 6) is -0.317. The molecule has 0 spiro atoms. The number of nitrogens with zero attached hydrogens (tertiary/aromatic N) is 2. The summed E-state index contributed by atoms with van der Waals surface area (Å²) in [4.78, 5) is 54.7. The van der Waals surface area contributed by atoms with E-state index in [9.17, 15) is 19.2 Å². The van der Waals surface area contributed by atoms with Crippen LogP contribution >= 0.6 is 0 Å². The molecule has 0 N–H and O–H groups in total. The molecule has 81 heavy (non-hydrogen) atoms. The molecule has 0 atom stereocenters. The molecule has 10 nitrogen and oxygen atoms in total. The molecule has 0 aliphatic heterocycles. The average molecular weight is 1140 g/mol. The van der Waals surface area contributed by atoms with Gasteiger partial charge in [0.1, 0.15) is 26.4 Å². The molecule has 0 aromatic heterocycles. The van der Waals surface area contributed by atoms with Gasteiger partial charge in [0.05, 0.1) is 0 Å². The highest BCUT2D eigenvalue weighted by molar-refractivity contribution is 5.70. The van der Waals surface area contributed by atoms with Crippen molar-refractivity contribution >= 4 is 23.9 Å². The number of hydrogen-bond donors (Lipinski definition) is 0. The van der Waals surface area contributed by atoms with Crippen molar-refractivity contribution in [2.75, 3.05) is 65.7 Å². The molecule has 10 heteroatoms. The lowest BCUT2D eigenvalue weighted by atomic mass is 10.1. The van der Waals surface area contributed by atoms with E-state index in [2.05, 4.69) is 61.8 Å². The van der Waals surface area contributed by atoms with E-state index in [4.69, 9.17) is 18.9 Å². The zero-order valence-electron chi connectivity index (χ0n) is 53.7. The molecule has 0 aromatic rings. The van der Waals surface area contributed by atoms with Gasteiger partial charge in [-0.2, -0.15) is 0 Å². The molecule has 0 aromatic carbocycles. The van der Waals surface area contributed by atoms with Crippen LogP contribution < -0.4 is 0 Å². The molecule has 0 aliphatic rings. The maximum Gasteiger partial charge on any atom is 0.306 e. The second-order valence-corrected chi connectivity index (χ2v) is 23.1. The van der Waals surface area contributed by atoms with Gasteiger partial charge in [-0.3, -0.25) is 19.2 Å². The minimum atomic E-state index is -0.0792. The smallest absolute Gasteiger partial charge is 0.306 e. The van der Waals surface area contributed by atoms with E-state index in [1.807, 2.05) is 24.3 Å². The summed E-state index contributed by atoms with van der Waals surface area (Å²) in [7, 11) is 0. The first kappa shape index (κ1) is 77.8. The summed E-state index contributed by atoms with van der Waals surface area (Å²) in [5, 5.41) is 0. The van der Waals surface area contributed by atoms with Crippen LogP contribution in [0.3, 0.4) is 0 Å². The Morgan fingerprint density at radius 1 is 0.235 bits per heavy atom. The fourth-order valence-corrected chi connectivity index (χ4v) is 10.1. The van der Waals surface area contributed by atoms with Gasteiger partial charge >= 0.3 is 23.9 Å². The first-order valence-corrected chi connectivity index (χ1v) is 34.5. The van der Waals surface area contributed by atoms with Crippen LogP contribution in [0.1, 0.15) is 317 Å². The van der Waals surface area contributed by atoms with Gasteiger partial charge in [-0.1, -0.05) is 230 Å². The van der Waals surface area contributed by atoms with E-state index in [1.54, 1.807) is 0 Å². The second kappa shape index (κ2) is 65.9. The summed E-state index contributed by atoms with van der Waals surface area (Å²) < 4.78 is 21.8. The minimum absolute atomic E-state index is 0.0792. The van der Waals surface area contributed by atoms with Crippen molar-refractivity contribution in [3.63, 3.8) is 0 Å². The lowest BCUT2D eigenvalue weighted by Gasteiger charge is -2.26. The van der Waals surface area contributed by atoms with Crippen LogP contribution in [-0.4, -0.2) is 99.4 Å². The van der Waals surface area contributed by atoms with Crippen LogP contribution in [0, 0.1) is 0 Å². The van der Waals surface area contributed by atoms with Crippen molar-refractivity contribution in [3.8, 4) is 0 Å². The number of allylic oxidation sites excluding steroid dienone is 4. The van der Waals surface area contributed by atoms with Gasteiger partial charge in [-0.15, -0.1) is 0 Å². The summed E-state index contributed by atoms with van der Waals surface area (Å²) in [6.07, 6.45) is 65.9. The first-order valence-electron chi connectivity index (χ1n) is 34.5. The van der Waals surface area contributed by atoms with Gasteiger partial charge in [-0.25, -0.2) is 0 Å². The molecule has 0 saturated heterocycles. The highest BCUT2D eigenvalue weighted by Gasteiger charge is 2.11. The van der Waals surface area contributed by atoms with Gasteiger partial charge in [0, 0.05) is 25.7 Å². The second-order valence-electron chi connectivity index (χ2n) is 23.1. The molecule has 0 bridgehead atoms. The Bertz CT molecular complexity index is 1280. The Morgan fingerprint density at radius 3 is 0.667 bits per heavy atom. The van der Waals surface area contributed by atoms with Gasteiger partial charge in [-0.05, 0) is 148 Å². The predicted octanol–water partition coefficient (Wildman–Crippen LogP) is 19.6. The summed E-state index contributed by atoms with van der Waals surface area (Å²) in [5.41, 5.74) is 0. The van der Waals surface area contributed by atoms with E-state index in [1.165, 1.54) is 154 Å². The molecule has 0 unspecified atom stereocenters. The topological polar surface area (TPSA) is 112 Å². The van der Waals surface area contributed by atoms with Crippen LogP contribution in [0.2, 0.25) is 0 Å². The number of rotatable bonds is 64. The highest BCUT2D eigenvalue weighted by Crippen LogP contribution is 2.15. The van der Waals surface area contributed by atoms with Crippen LogP contribution in [0.25, 0.3) is 0 Å². The van der Waals surface area contributed by atoms with E-state index < -0.39 is 0 Å². The number of carbonyl (C=O) groups is 4. The van der Waals surface area contributed by atoms with E-state index in [0.29, 0.717) is 52.1 Å². The Kier molecular flexibility index (Phi) is 63.3. The number of unbranched alkanes of at least 4 members (excludes halogenated alkanes) is 32. The van der Waals surface area contributed by atoms with Crippen LogP contribution in [0.15, 0.2) is 48.6 Å². The molecule has 0 fully saturated rings. The molecular formula is C71H130N2O8. The zero-order valence-corrected chi connectivity index (χ0v) is 53.7. The quantitative estimate of drug-likeness (QED) is 0.0253. The van der Waals surface area contributed by atoms with Gasteiger partial charge in [0.25, 0.3) is 0 Å². The zero-order chi connectivity index (χ0) is 58.8. The standard InChI is InChI=1S/C71H130N2O8/c1-5-9-13-17-21-37-49-64-78-68(74)54-41-29-25-33-45-58-72(59-46-34-26-30-42-55-69(75)79-65-50-38-22-18-14-10-6-2)62-53-63-73(60-47-35-27-31-43-56-70(76)80-66-51-39-23-19-15-11-7-3)61-48-36-28-32-44-57-71(77)81-67-52-40-24-20-16-12-8-4/h37-40,49-52H,5-36,41-48,53-67H2,1-4H3/b49-37-,50-38-,51-39-,52-40-. The van der Waals surface area contributed by atoms with E-state index in [0.717, 1.165) is 148 Å². The van der Waals surface area contributed by atoms with Crippen LogP contribution in [-0.2, 0) is 38.1 Å². The van der Waals surface area contributed by atoms with Gasteiger partial charge < -0.3 is 28.7 Å². The third-order valence-corrected chi connectivity index (χ3v) is 15.3. The van der Waals surface area contributed by atoms with Crippen molar-refractivity contribution < 1.29 is 38.1 Å². The maximum absolute atomic E-state index is 12.3. The molecule has 0 heterocycles. The summed E-state index contributed by atoms with van der Waals surface area (Å²) >= 11 is 0. The van der Waals surface area contributed by atoms with Crippen LogP contribution in [0.4, 0.5) is 0 Å². The Morgan fingerprint density at radius 2 is 0.432 bits per heavy atom. The number of ether oxygens (including phenoxy) is 4. The van der Waals surface area contributed by atoms with Crippen molar-refractivity contribution in [1.82, 2.24) is 9.80 Å². The molecular weight excluding hydrogens is 1010 g/mol. The number of carbonyl (C=O) groups excluding carboxylic acids is 4. The molecule has 472 valence electrons. The third kappa shape index (κ3) is 62.6. The Balaban J connectivity index is 5.13. The normalized spacial score (nSPS) is 11.9. The van der Waals surface area contributed by atoms with E-state index in [-0.39, 0.29) is 23.9 Å². The van der Waals surface area contributed by atoms with Gasteiger partial charge in [0.2, 0.25) is 0 Å². The molecule has 0 saturated carbocycles. The largest absolute Gasteiger partial charge is 0.461 e. The summed E-state index contributed by atoms with van der Waals surface area (Å²) in [6.45, 7) is 17.1. The number of hydrogen-bond acceptors (Lipinski definition) is 10. The molecule has 0 rings (SSSR count). The number of esters is 4. The molecule has 0 radical (unpaired) electrons. The SMILES string of the molecule is CCCCCC/C=C\COC(=O)CCCCCCCN(CCCCCCCC(=O)OC/C=C\CCCCCC)CCCN(CCCCCCCC(=O)OC/C=C\CCCCCC)CCCCCCCC(=O)OC/C=C\CCCCCC. The monoisotopic (exact) mass is 1140 g/mol. The Labute approximate surface area is 500 Å². The fourth-order valence-electron chi connectivity index (χ4n) is 10.1. The lowest BCUT2D eigenvalue weighted by molar-refractivity contribution is -0.143. The molecule has 0 aliphatic carbocycles. The van der Waals surface area contributed by atoms with Crippen LogP contribution in [0.5, 0.6) is 0 Å². The Hall–Kier alpha value is -3.24. The van der Waals surface area contributed by atoms with Crippen molar-refractivity contribution in [3.05, 3.63) is 48.6 Å². The fraction of sp³-hybridized carbons (Fsp3) is 0.831. The van der Waals surface area contributed by atoms with Crippen molar-refractivity contribution in [2.45, 2.75) is 317 Å². The van der Waals surface area contributed by atoms with Crippen molar-refractivity contribution in [1.29, 1.82) is 0 Å². The first-order chi connectivity index (χ1) is 39.9. The van der Waals surface area contributed by atoms with Crippen molar-refractivity contribution in [2.24, 2.45) is 0 Å². The minimum Gasteiger partial charge on any atom is -0.461 e. The highest BCUT2D eigenvalue weighted by atomic mass is 16.5.